The first-order valence-electron chi connectivity index (χ1n) is 5.55. The predicted octanol–water partition coefficient (Wildman–Crippen LogP) is -1.07. The summed E-state index contributed by atoms with van der Waals surface area (Å²) >= 11 is 0. The van der Waals surface area contributed by atoms with Crippen LogP contribution in [0.4, 0.5) is 0 Å². The summed E-state index contributed by atoms with van der Waals surface area (Å²) in [7, 11) is 0. The Balaban J connectivity index is 1.77. The van der Waals surface area contributed by atoms with Gasteiger partial charge in [-0.05, 0) is 42.8 Å². The zero-order valence-electron chi connectivity index (χ0n) is 9.09. The van der Waals surface area contributed by atoms with Crippen LogP contribution in [0.5, 0.6) is 0 Å². The van der Waals surface area contributed by atoms with E-state index < -0.39 is 0 Å². The fourth-order valence-electron chi connectivity index (χ4n) is 1.84. The highest BCUT2D eigenvalue weighted by molar-refractivity contribution is 5.75. The maximum absolute atomic E-state index is 11.6. The molecule has 1 aromatic heterocycles. The highest BCUT2D eigenvalue weighted by Crippen LogP contribution is 2.04. The molecule has 0 aromatic carbocycles. The number of nitrogens with zero attached hydrogens (tertiary/aromatic N) is 4. The number of hydrogen-bond acceptors (Lipinski definition) is 5. The Bertz CT molecular complexity index is 317. The lowest BCUT2D eigenvalue weighted by Gasteiger charge is -2.15. The topological polar surface area (TPSA) is 84.7 Å². The smallest absolute Gasteiger partial charge is 0.242 e. The first-order valence-corrected chi connectivity index (χ1v) is 5.55. The number of tetrazole rings is 1. The minimum Gasteiger partial charge on any atom is -0.352 e. The average molecular weight is 224 g/mol. The van der Waals surface area contributed by atoms with Crippen molar-refractivity contribution in [2.45, 2.75) is 31.8 Å². The van der Waals surface area contributed by atoms with Crippen molar-refractivity contribution < 1.29 is 4.79 Å². The standard InChI is InChI=1S/C9H16N6O/c16-9(6-15-7-11-13-14-15)12-8-2-1-4-10-5-3-8/h7-8,10H,1-6H2,(H,12,16). The largest absolute Gasteiger partial charge is 0.352 e. The number of amides is 1. The molecule has 7 nitrogen and oxygen atoms in total. The lowest BCUT2D eigenvalue weighted by molar-refractivity contribution is -0.122. The average Bonchev–Trinajstić information content (AvgIpc) is 2.62. The van der Waals surface area contributed by atoms with Gasteiger partial charge in [-0.3, -0.25) is 4.79 Å². The predicted molar refractivity (Wildman–Crippen MR) is 56.5 cm³/mol. The third-order valence-corrected chi connectivity index (χ3v) is 2.64. The zero-order valence-corrected chi connectivity index (χ0v) is 9.09. The molecule has 7 heteroatoms. The van der Waals surface area contributed by atoms with E-state index in [-0.39, 0.29) is 18.5 Å². The Morgan fingerprint density at radius 1 is 1.50 bits per heavy atom. The van der Waals surface area contributed by atoms with Crippen LogP contribution in [-0.2, 0) is 11.3 Å². The Hall–Kier alpha value is -1.50. The zero-order chi connectivity index (χ0) is 11.2. The van der Waals surface area contributed by atoms with Crippen molar-refractivity contribution in [2.75, 3.05) is 13.1 Å². The van der Waals surface area contributed by atoms with Gasteiger partial charge >= 0.3 is 0 Å². The minimum absolute atomic E-state index is 0.0285. The van der Waals surface area contributed by atoms with E-state index in [1.54, 1.807) is 0 Å². The highest BCUT2D eigenvalue weighted by Gasteiger charge is 2.14. The number of nitrogens with one attached hydrogen (secondary N) is 2. The summed E-state index contributed by atoms with van der Waals surface area (Å²) in [6, 6.07) is 0.277. The van der Waals surface area contributed by atoms with E-state index in [9.17, 15) is 4.79 Å². The molecule has 0 spiro atoms. The first-order chi connectivity index (χ1) is 7.84. The van der Waals surface area contributed by atoms with Gasteiger partial charge in [0.15, 0.2) is 0 Å². The Morgan fingerprint density at radius 2 is 2.44 bits per heavy atom. The van der Waals surface area contributed by atoms with Gasteiger partial charge in [0.25, 0.3) is 0 Å². The van der Waals surface area contributed by atoms with E-state index in [4.69, 9.17) is 0 Å². The molecule has 0 saturated carbocycles. The van der Waals surface area contributed by atoms with Gasteiger partial charge in [-0.2, -0.15) is 0 Å². The number of hydrogen-bond donors (Lipinski definition) is 2. The highest BCUT2D eigenvalue weighted by atomic mass is 16.2. The second-order valence-electron chi connectivity index (χ2n) is 3.95. The van der Waals surface area contributed by atoms with E-state index in [1.165, 1.54) is 11.0 Å². The molecule has 1 atom stereocenters. The van der Waals surface area contributed by atoms with Crippen molar-refractivity contribution in [3.05, 3.63) is 6.33 Å². The summed E-state index contributed by atoms with van der Waals surface area (Å²) in [6.45, 7) is 2.20. The molecule has 88 valence electrons. The van der Waals surface area contributed by atoms with Gasteiger partial charge in [-0.15, -0.1) is 5.10 Å². The molecule has 1 aromatic rings. The van der Waals surface area contributed by atoms with Crippen LogP contribution < -0.4 is 10.6 Å². The lowest BCUT2D eigenvalue weighted by atomic mass is 10.1. The van der Waals surface area contributed by atoms with Gasteiger partial charge < -0.3 is 10.6 Å². The van der Waals surface area contributed by atoms with Crippen molar-refractivity contribution in [3.8, 4) is 0 Å². The SMILES string of the molecule is O=C(Cn1cnnn1)NC1CCCNCC1. The summed E-state index contributed by atoms with van der Waals surface area (Å²) in [5.41, 5.74) is 0. The second kappa shape index (κ2) is 5.55. The summed E-state index contributed by atoms with van der Waals surface area (Å²) in [4.78, 5) is 11.6. The third-order valence-electron chi connectivity index (χ3n) is 2.64. The quantitative estimate of drug-likeness (QED) is 0.683. The molecule has 0 radical (unpaired) electrons. The number of carbonyl (C=O) groups excluding carboxylic acids is 1. The van der Waals surface area contributed by atoms with Crippen molar-refractivity contribution in [1.29, 1.82) is 0 Å². The first kappa shape index (κ1) is 11.0. The molecule has 16 heavy (non-hydrogen) atoms. The van der Waals surface area contributed by atoms with Crippen LogP contribution in [0.1, 0.15) is 19.3 Å². The monoisotopic (exact) mass is 224 g/mol. The molecule has 1 aliphatic heterocycles. The van der Waals surface area contributed by atoms with E-state index in [0.717, 1.165) is 32.4 Å². The number of rotatable bonds is 3. The van der Waals surface area contributed by atoms with E-state index in [1.807, 2.05) is 0 Å². The molecule has 0 bridgehead atoms. The summed E-state index contributed by atoms with van der Waals surface area (Å²) in [5, 5.41) is 16.9. The molecule has 1 saturated heterocycles. The Morgan fingerprint density at radius 3 is 3.25 bits per heavy atom. The summed E-state index contributed by atoms with van der Waals surface area (Å²) < 4.78 is 1.42. The molecule has 2 heterocycles. The summed E-state index contributed by atoms with van der Waals surface area (Å²) in [5.74, 6) is -0.0285. The van der Waals surface area contributed by atoms with Gasteiger partial charge in [0.1, 0.15) is 12.9 Å². The summed E-state index contributed by atoms with van der Waals surface area (Å²) in [6.07, 6.45) is 4.57. The Kier molecular flexibility index (Phi) is 3.81. The lowest BCUT2D eigenvalue weighted by Crippen LogP contribution is -2.37. The molecule has 1 amide bonds. The van der Waals surface area contributed by atoms with Crippen LogP contribution in [0.25, 0.3) is 0 Å². The molecule has 0 aliphatic carbocycles. The fraction of sp³-hybridized carbons (Fsp3) is 0.778. The van der Waals surface area contributed by atoms with Crippen LogP contribution in [0.2, 0.25) is 0 Å². The molecule has 2 N–H and O–H groups in total. The minimum atomic E-state index is -0.0285. The van der Waals surface area contributed by atoms with Crippen molar-refractivity contribution >= 4 is 5.91 Å². The van der Waals surface area contributed by atoms with Gasteiger partial charge in [-0.25, -0.2) is 4.68 Å². The maximum atomic E-state index is 11.6. The van der Waals surface area contributed by atoms with Crippen LogP contribution in [0, 0.1) is 0 Å². The van der Waals surface area contributed by atoms with Crippen molar-refractivity contribution in [3.63, 3.8) is 0 Å². The van der Waals surface area contributed by atoms with Crippen LogP contribution in [0.15, 0.2) is 6.33 Å². The molecule has 2 rings (SSSR count). The van der Waals surface area contributed by atoms with Gasteiger partial charge in [0.2, 0.25) is 5.91 Å². The Labute approximate surface area is 93.6 Å². The molecular weight excluding hydrogens is 208 g/mol. The van der Waals surface area contributed by atoms with Gasteiger partial charge in [0, 0.05) is 6.04 Å². The van der Waals surface area contributed by atoms with Gasteiger partial charge in [0.05, 0.1) is 0 Å². The van der Waals surface area contributed by atoms with E-state index >= 15 is 0 Å². The van der Waals surface area contributed by atoms with E-state index in [2.05, 4.69) is 26.2 Å². The van der Waals surface area contributed by atoms with Crippen molar-refractivity contribution in [2.24, 2.45) is 0 Å². The molecule has 1 unspecified atom stereocenters. The number of carbonyl (C=O) groups is 1. The molecular formula is C9H16N6O. The third kappa shape index (κ3) is 3.27. The normalized spacial score (nSPS) is 21.4. The van der Waals surface area contributed by atoms with E-state index in [0.29, 0.717) is 0 Å². The molecule has 1 aliphatic rings. The maximum Gasteiger partial charge on any atom is 0.242 e. The van der Waals surface area contributed by atoms with Crippen LogP contribution in [0.3, 0.4) is 0 Å². The second-order valence-corrected chi connectivity index (χ2v) is 3.95. The van der Waals surface area contributed by atoms with Gasteiger partial charge in [-0.1, -0.05) is 0 Å². The van der Waals surface area contributed by atoms with Crippen molar-refractivity contribution in [1.82, 2.24) is 30.8 Å². The van der Waals surface area contributed by atoms with Crippen LogP contribution >= 0.6 is 0 Å². The van der Waals surface area contributed by atoms with Crippen LogP contribution in [-0.4, -0.2) is 45.2 Å². The number of aromatic nitrogens is 4. The fourth-order valence-corrected chi connectivity index (χ4v) is 1.84. The molecule has 1 fully saturated rings.